The highest BCUT2D eigenvalue weighted by Gasteiger charge is 2.15. The summed E-state index contributed by atoms with van der Waals surface area (Å²) in [7, 11) is 0. The third-order valence-corrected chi connectivity index (χ3v) is 3.90. The second-order valence-corrected chi connectivity index (χ2v) is 5.65. The third kappa shape index (κ3) is 3.64. The molecule has 0 saturated carbocycles. The van der Waals surface area contributed by atoms with Gasteiger partial charge in [-0.1, -0.05) is 12.1 Å². The van der Waals surface area contributed by atoms with Gasteiger partial charge in [0.25, 0.3) is 0 Å². The molecule has 24 heavy (non-hydrogen) atoms. The van der Waals surface area contributed by atoms with Crippen molar-refractivity contribution in [3.05, 3.63) is 59.2 Å². The van der Waals surface area contributed by atoms with Crippen molar-refractivity contribution in [3.63, 3.8) is 0 Å². The van der Waals surface area contributed by atoms with Crippen LogP contribution >= 0.6 is 0 Å². The monoisotopic (exact) mass is 333 g/mol. The van der Waals surface area contributed by atoms with Gasteiger partial charge in [-0.15, -0.1) is 0 Å². The van der Waals surface area contributed by atoms with Gasteiger partial charge in [-0.25, -0.2) is 8.78 Å². The first-order chi connectivity index (χ1) is 11.5. The highest BCUT2D eigenvalue weighted by Crippen LogP contribution is 2.32. The Labute approximate surface area is 138 Å². The first-order valence-corrected chi connectivity index (χ1v) is 7.66. The molecule has 126 valence electrons. The molecule has 2 aromatic carbocycles. The molecule has 0 bridgehead atoms. The zero-order valence-corrected chi connectivity index (χ0v) is 13.1. The van der Waals surface area contributed by atoms with Crippen LogP contribution in [-0.2, 0) is 11.2 Å². The number of hydrogen-bond acceptors (Lipinski definition) is 3. The molecule has 0 aromatic heterocycles. The van der Waals surface area contributed by atoms with Gasteiger partial charge < -0.3 is 14.8 Å². The van der Waals surface area contributed by atoms with E-state index in [1.54, 1.807) is 6.92 Å². The Balaban J connectivity index is 1.54. The number of ether oxygens (including phenoxy) is 2. The standard InChI is InChI=1S/C18H17F2NO3/c1-11(13-4-5-14(19)15(20)9-13)21-18(22)7-3-12-2-6-16-17(8-12)24-10-23-16/h2,4-6,8-9,11H,3,7,10H2,1H3,(H,21,22). The highest BCUT2D eigenvalue weighted by molar-refractivity contribution is 5.76. The molecule has 1 unspecified atom stereocenters. The van der Waals surface area contributed by atoms with E-state index in [1.807, 2.05) is 18.2 Å². The molecule has 0 fully saturated rings. The Morgan fingerprint density at radius 1 is 1.12 bits per heavy atom. The van der Waals surface area contributed by atoms with Crippen molar-refractivity contribution >= 4 is 5.91 Å². The van der Waals surface area contributed by atoms with Gasteiger partial charge in [-0.05, 0) is 48.7 Å². The van der Waals surface area contributed by atoms with Crippen molar-refractivity contribution in [2.24, 2.45) is 0 Å². The Kier molecular flexibility index (Phi) is 4.64. The molecule has 2 aromatic rings. The number of benzene rings is 2. The van der Waals surface area contributed by atoms with Crippen molar-refractivity contribution in [2.45, 2.75) is 25.8 Å². The van der Waals surface area contributed by atoms with E-state index in [2.05, 4.69) is 5.32 Å². The maximum absolute atomic E-state index is 13.2. The molecular formula is C18H17F2NO3. The maximum atomic E-state index is 13.2. The smallest absolute Gasteiger partial charge is 0.231 e. The molecule has 0 radical (unpaired) electrons. The minimum absolute atomic E-state index is 0.162. The average molecular weight is 333 g/mol. The average Bonchev–Trinajstić information content (AvgIpc) is 3.03. The number of aryl methyl sites for hydroxylation is 1. The van der Waals surface area contributed by atoms with E-state index in [1.165, 1.54) is 6.07 Å². The summed E-state index contributed by atoms with van der Waals surface area (Å²) < 4.78 is 36.7. The summed E-state index contributed by atoms with van der Waals surface area (Å²) in [6, 6.07) is 8.77. The number of rotatable bonds is 5. The van der Waals surface area contributed by atoms with Gasteiger partial charge in [0.1, 0.15) is 0 Å². The van der Waals surface area contributed by atoms with Crippen LogP contribution in [0.1, 0.15) is 30.5 Å². The van der Waals surface area contributed by atoms with Crippen LogP contribution in [0.5, 0.6) is 11.5 Å². The number of halogens is 2. The van der Waals surface area contributed by atoms with Crippen molar-refractivity contribution < 1.29 is 23.0 Å². The lowest BCUT2D eigenvalue weighted by molar-refractivity contribution is -0.121. The highest BCUT2D eigenvalue weighted by atomic mass is 19.2. The fourth-order valence-corrected chi connectivity index (χ4v) is 2.53. The number of carbonyl (C=O) groups is 1. The summed E-state index contributed by atoms with van der Waals surface area (Å²) in [6.45, 7) is 1.94. The molecule has 1 aliphatic heterocycles. The van der Waals surface area contributed by atoms with Crippen molar-refractivity contribution in [3.8, 4) is 11.5 Å². The van der Waals surface area contributed by atoms with E-state index in [4.69, 9.17) is 9.47 Å². The molecule has 1 aliphatic rings. The Morgan fingerprint density at radius 2 is 1.92 bits per heavy atom. The third-order valence-electron chi connectivity index (χ3n) is 3.90. The first-order valence-electron chi connectivity index (χ1n) is 7.66. The molecule has 0 spiro atoms. The van der Waals surface area contributed by atoms with E-state index in [0.29, 0.717) is 23.5 Å². The molecular weight excluding hydrogens is 316 g/mol. The number of carbonyl (C=O) groups excluding carboxylic acids is 1. The fraction of sp³-hybridized carbons (Fsp3) is 0.278. The number of hydrogen-bond donors (Lipinski definition) is 1. The number of amides is 1. The molecule has 1 heterocycles. The van der Waals surface area contributed by atoms with Crippen LogP contribution in [-0.4, -0.2) is 12.7 Å². The molecule has 1 N–H and O–H groups in total. The quantitative estimate of drug-likeness (QED) is 0.911. The summed E-state index contributed by atoms with van der Waals surface area (Å²) >= 11 is 0. The van der Waals surface area contributed by atoms with Gasteiger partial charge in [0.15, 0.2) is 23.1 Å². The van der Waals surface area contributed by atoms with E-state index < -0.39 is 17.7 Å². The Bertz CT molecular complexity index is 764. The van der Waals surface area contributed by atoms with Crippen LogP contribution in [0, 0.1) is 11.6 Å². The summed E-state index contributed by atoms with van der Waals surface area (Å²) in [5, 5.41) is 2.78. The second kappa shape index (κ2) is 6.86. The van der Waals surface area contributed by atoms with E-state index in [0.717, 1.165) is 17.7 Å². The summed E-state index contributed by atoms with van der Waals surface area (Å²) in [5.74, 6) is -0.600. The van der Waals surface area contributed by atoms with Gasteiger partial charge in [0.2, 0.25) is 12.7 Å². The molecule has 1 amide bonds. The van der Waals surface area contributed by atoms with E-state index >= 15 is 0 Å². The predicted octanol–water partition coefficient (Wildman–Crippen LogP) is 3.50. The fourth-order valence-electron chi connectivity index (χ4n) is 2.53. The van der Waals surface area contributed by atoms with E-state index in [9.17, 15) is 13.6 Å². The van der Waals surface area contributed by atoms with Gasteiger partial charge >= 0.3 is 0 Å². The van der Waals surface area contributed by atoms with Crippen LogP contribution < -0.4 is 14.8 Å². The molecule has 4 nitrogen and oxygen atoms in total. The molecule has 0 aliphatic carbocycles. The Morgan fingerprint density at radius 3 is 2.71 bits per heavy atom. The number of fused-ring (bicyclic) bond motifs is 1. The van der Waals surface area contributed by atoms with Crippen LogP contribution in [0.25, 0.3) is 0 Å². The molecule has 6 heteroatoms. The SMILES string of the molecule is CC(NC(=O)CCc1ccc2c(c1)OCO2)c1ccc(F)c(F)c1. The van der Waals surface area contributed by atoms with Crippen LogP contribution in [0.2, 0.25) is 0 Å². The normalized spacial score (nSPS) is 13.6. The van der Waals surface area contributed by atoms with Gasteiger partial charge in [-0.3, -0.25) is 4.79 Å². The minimum atomic E-state index is -0.922. The molecule has 0 saturated heterocycles. The molecule has 3 rings (SSSR count). The Hall–Kier alpha value is -2.63. The molecule has 1 atom stereocenters. The summed E-state index contributed by atoms with van der Waals surface area (Å²) in [4.78, 5) is 12.1. The lowest BCUT2D eigenvalue weighted by Crippen LogP contribution is -2.26. The lowest BCUT2D eigenvalue weighted by Gasteiger charge is -2.14. The van der Waals surface area contributed by atoms with Crippen LogP contribution in [0.15, 0.2) is 36.4 Å². The first kappa shape index (κ1) is 16.2. The van der Waals surface area contributed by atoms with Gasteiger partial charge in [0, 0.05) is 6.42 Å². The van der Waals surface area contributed by atoms with Crippen molar-refractivity contribution in [1.29, 1.82) is 0 Å². The zero-order valence-electron chi connectivity index (χ0n) is 13.1. The van der Waals surface area contributed by atoms with Crippen LogP contribution in [0.3, 0.4) is 0 Å². The van der Waals surface area contributed by atoms with E-state index in [-0.39, 0.29) is 19.1 Å². The maximum Gasteiger partial charge on any atom is 0.231 e. The number of nitrogens with one attached hydrogen (secondary N) is 1. The summed E-state index contributed by atoms with van der Waals surface area (Å²) in [6.07, 6.45) is 0.834. The van der Waals surface area contributed by atoms with Crippen molar-refractivity contribution in [1.82, 2.24) is 5.32 Å². The van der Waals surface area contributed by atoms with Gasteiger partial charge in [0.05, 0.1) is 6.04 Å². The second-order valence-electron chi connectivity index (χ2n) is 5.65. The van der Waals surface area contributed by atoms with Crippen molar-refractivity contribution in [2.75, 3.05) is 6.79 Å². The predicted molar refractivity (Wildman–Crippen MR) is 83.8 cm³/mol. The summed E-state index contributed by atoms with van der Waals surface area (Å²) in [5.41, 5.74) is 1.49. The lowest BCUT2D eigenvalue weighted by atomic mass is 10.1. The van der Waals surface area contributed by atoms with Gasteiger partial charge in [-0.2, -0.15) is 0 Å². The minimum Gasteiger partial charge on any atom is -0.454 e. The largest absolute Gasteiger partial charge is 0.454 e. The van der Waals surface area contributed by atoms with Crippen LogP contribution in [0.4, 0.5) is 8.78 Å². The zero-order chi connectivity index (χ0) is 17.1. The topological polar surface area (TPSA) is 47.6 Å².